The fourth-order valence-corrected chi connectivity index (χ4v) is 3.81. The van der Waals surface area contributed by atoms with Gasteiger partial charge in [0.15, 0.2) is 20.4 Å². The fraction of sp³-hybridized carbons (Fsp3) is 0.818. The highest BCUT2D eigenvalue weighted by atomic mass is 32.2. The van der Waals surface area contributed by atoms with Crippen LogP contribution >= 0.6 is 0 Å². The van der Waals surface area contributed by atoms with Crippen molar-refractivity contribution >= 4 is 21.6 Å². The molecule has 0 radical (unpaired) electrons. The maximum absolute atomic E-state index is 12.0. The van der Waals surface area contributed by atoms with Crippen molar-refractivity contribution in [2.45, 2.75) is 44.3 Å². The Morgan fingerprint density at radius 2 is 2.06 bits per heavy atom. The molecule has 1 fully saturated rings. The molecule has 1 atom stereocenters. The second-order valence-electron chi connectivity index (χ2n) is 4.43. The molecule has 0 aromatic rings. The molecule has 0 aromatic carbocycles. The van der Waals surface area contributed by atoms with Gasteiger partial charge in [0.1, 0.15) is 12.4 Å². The van der Waals surface area contributed by atoms with Crippen LogP contribution in [-0.2, 0) is 24.2 Å². The van der Waals surface area contributed by atoms with Gasteiger partial charge in [-0.15, -0.1) is 0 Å². The van der Waals surface area contributed by atoms with Crippen molar-refractivity contribution in [3.05, 3.63) is 0 Å². The lowest BCUT2D eigenvalue weighted by atomic mass is 9.97. The number of esters is 1. The van der Waals surface area contributed by atoms with Gasteiger partial charge in [-0.05, 0) is 13.3 Å². The number of hydrogen-bond acceptors (Lipinski definition) is 5. The lowest BCUT2D eigenvalue weighted by molar-refractivity contribution is -0.143. The number of ether oxygens (including phenoxy) is 1. The van der Waals surface area contributed by atoms with Crippen molar-refractivity contribution in [1.29, 1.82) is 0 Å². The van der Waals surface area contributed by atoms with Gasteiger partial charge in [0, 0.05) is 0 Å². The van der Waals surface area contributed by atoms with E-state index in [4.69, 9.17) is 4.74 Å². The highest BCUT2D eigenvalue weighted by molar-refractivity contribution is 7.94. The van der Waals surface area contributed by atoms with Crippen LogP contribution in [0.1, 0.15) is 39.5 Å². The summed E-state index contributed by atoms with van der Waals surface area (Å²) in [4.78, 5) is 22.7. The summed E-state index contributed by atoms with van der Waals surface area (Å²) in [5, 5.41) is 0. The molecule has 1 heterocycles. The summed E-state index contributed by atoms with van der Waals surface area (Å²) in [6.07, 6.45) is 2.69. The third-order valence-corrected chi connectivity index (χ3v) is 5.61. The third-order valence-electron chi connectivity index (χ3n) is 3.20. The Morgan fingerprint density at radius 1 is 1.41 bits per heavy atom. The van der Waals surface area contributed by atoms with Gasteiger partial charge in [-0.2, -0.15) is 0 Å². The van der Waals surface area contributed by atoms with E-state index in [-0.39, 0.29) is 13.0 Å². The zero-order valence-electron chi connectivity index (χ0n) is 10.2. The van der Waals surface area contributed by atoms with Gasteiger partial charge in [0.2, 0.25) is 0 Å². The van der Waals surface area contributed by atoms with E-state index in [0.717, 1.165) is 12.8 Å². The Hall–Kier alpha value is -0.910. The highest BCUT2D eigenvalue weighted by Gasteiger charge is 2.52. The molecule has 1 rings (SSSR count). The van der Waals surface area contributed by atoms with Gasteiger partial charge in [-0.3, -0.25) is 9.59 Å². The van der Waals surface area contributed by atoms with Crippen LogP contribution in [0.2, 0.25) is 0 Å². The van der Waals surface area contributed by atoms with Crippen LogP contribution in [-0.4, -0.2) is 37.3 Å². The normalized spacial score (nSPS) is 27.5. The molecule has 0 spiro atoms. The first kappa shape index (κ1) is 14.2. The van der Waals surface area contributed by atoms with Crippen molar-refractivity contribution < 1.29 is 22.7 Å². The molecule has 0 saturated carbocycles. The van der Waals surface area contributed by atoms with E-state index in [9.17, 15) is 18.0 Å². The summed E-state index contributed by atoms with van der Waals surface area (Å²) in [7, 11) is -3.74. The molecule has 1 unspecified atom stereocenters. The van der Waals surface area contributed by atoms with Gasteiger partial charge in [0.25, 0.3) is 0 Å². The number of cyclic esters (lactones) is 1. The zero-order valence-corrected chi connectivity index (χ0v) is 11.0. The van der Waals surface area contributed by atoms with E-state index >= 15 is 0 Å². The van der Waals surface area contributed by atoms with Gasteiger partial charge in [-0.1, -0.05) is 26.2 Å². The molecule has 0 N–H and O–H groups in total. The standard InChI is InChI=1S/C11H18O5S/c1-3-4-5-6-11(9(2)12)8-16-10(13)7-17(11,14)15/h3-8H2,1-2H3. The SMILES string of the molecule is CCCCCC1(C(C)=O)COC(=O)CS1(=O)=O. The average molecular weight is 262 g/mol. The molecule has 0 amide bonds. The molecule has 98 valence electrons. The van der Waals surface area contributed by atoms with E-state index in [1.54, 1.807) is 0 Å². The van der Waals surface area contributed by atoms with Crippen LogP contribution < -0.4 is 0 Å². The Bertz CT molecular complexity index is 412. The smallest absolute Gasteiger partial charge is 0.321 e. The molecule has 17 heavy (non-hydrogen) atoms. The van der Waals surface area contributed by atoms with Crippen LogP contribution in [0.4, 0.5) is 0 Å². The molecule has 1 aliphatic rings. The number of rotatable bonds is 5. The number of carbonyl (C=O) groups is 2. The number of hydrogen-bond donors (Lipinski definition) is 0. The topological polar surface area (TPSA) is 77.5 Å². The van der Waals surface area contributed by atoms with Gasteiger partial charge in [0.05, 0.1) is 0 Å². The first-order valence-electron chi connectivity index (χ1n) is 5.74. The third kappa shape index (κ3) is 2.68. The predicted molar refractivity (Wildman–Crippen MR) is 62.3 cm³/mol. The maximum Gasteiger partial charge on any atom is 0.321 e. The Balaban J connectivity index is 2.98. The molecule has 5 nitrogen and oxygen atoms in total. The quantitative estimate of drug-likeness (QED) is 0.542. The number of sulfone groups is 1. The molecule has 6 heteroatoms. The predicted octanol–water partition coefficient (Wildman–Crippen LogP) is 0.866. The maximum atomic E-state index is 12.0. The van der Waals surface area contributed by atoms with E-state index in [0.29, 0.717) is 6.42 Å². The van der Waals surface area contributed by atoms with Gasteiger partial charge < -0.3 is 4.74 Å². The van der Waals surface area contributed by atoms with Crippen LogP contribution in [0.25, 0.3) is 0 Å². The lowest BCUT2D eigenvalue weighted by Crippen LogP contribution is -2.55. The molecule has 0 aliphatic carbocycles. The van der Waals surface area contributed by atoms with E-state index in [1.807, 2.05) is 6.92 Å². The summed E-state index contributed by atoms with van der Waals surface area (Å²) < 4.78 is 27.3. The van der Waals surface area contributed by atoms with Crippen LogP contribution in [0.15, 0.2) is 0 Å². The van der Waals surface area contributed by atoms with E-state index in [1.165, 1.54) is 6.92 Å². The molecule has 0 aromatic heterocycles. The van der Waals surface area contributed by atoms with E-state index in [2.05, 4.69) is 0 Å². The minimum atomic E-state index is -3.74. The largest absolute Gasteiger partial charge is 0.463 e. The summed E-state index contributed by atoms with van der Waals surface area (Å²) in [6, 6.07) is 0. The Kier molecular flexibility index (Phi) is 4.30. The summed E-state index contributed by atoms with van der Waals surface area (Å²) in [5.41, 5.74) is 0. The van der Waals surface area contributed by atoms with Crippen molar-refractivity contribution in [2.24, 2.45) is 0 Å². The summed E-state index contributed by atoms with van der Waals surface area (Å²) in [6.45, 7) is 2.92. The van der Waals surface area contributed by atoms with Crippen LogP contribution in [0.3, 0.4) is 0 Å². The van der Waals surface area contributed by atoms with Gasteiger partial charge in [-0.25, -0.2) is 8.42 Å². The van der Waals surface area contributed by atoms with Crippen molar-refractivity contribution in [1.82, 2.24) is 0 Å². The zero-order chi connectivity index (χ0) is 13.1. The minimum absolute atomic E-state index is 0.242. The number of Topliss-reactive ketones (excluding diaryl/α,β-unsaturated/α-hetero) is 1. The van der Waals surface area contributed by atoms with Gasteiger partial charge >= 0.3 is 5.97 Å². The van der Waals surface area contributed by atoms with E-state index < -0.39 is 32.1 Å². The monoisotopic (exact) mass is 262 g/mol. The minimum Gasteiger partial charge on any atom is -0.463 e. The number of unbranched alkanes of at least 4 members (excludes halogenated alkanes) is 2. The first-order chi connectivity index (χ1) is 7.85. The molecular formula is C11H18O5S. The van der Waals surface area contributed by atoms with Crippen LogP contribution in [0.5, 0.6) is 0 Å². The number of carbonyl (C=O) groups excluding carboxylic acids is 2. The van der Waals surface area contributed by atoms with Crippen molar-refractivity contribution in [2.75, 3.05) is 12.4 Å². The Labute approximate surface area is 101 Å². The lowest BCUT2D eigenvalue weighted by Gasteiger charge is -2.33. The summed E-state index contributed by atoms with van der Waals surface area (Å²) in [5.74, 6) is -1.88. The fourth-order valence-electron chi connectivity index (χ4n) is 2.01. The Morgan fingerprint density at radius 3 is 2.53 bits per heavy atom. The first-order valence-corrected chi connectivity index (χ1v) is 7.40. The molecule has 1 aliphatic heterocycles. The number of ketones is 1. The second-order valence-corrected chi connectivity index (χ2v) is 6.73. The summed E-state index contributed by atoms with van der Waals surface area (Å²) >= 11 is 0. The molecule has 1 saturated heterocycles. The highest BCUT2D eigenvalue weighted by Crippen LogP contribution is 2.30. The molecule has 0 bridgehead atoms. The average Bonchev–Trinajstić information content (AvgIpc) is 2.20. The molecular weight excluding hydrogens is 244 g/mol. The van der Waals surface area contributed by atoms with Crippen molar-refractivity contribution in [3.8, 4) is 0 Å². The van der Waals surface area contributed by atoms with Crippen LogP contribution in [0, 0.1) is 0 Å². The second kappa shape index (κ2) is 5.16. The van der Waals surface area contributed by atoms with Crippen molar-refractivity contribution in [3.63, 3.8) is 0 Å².